The Bertz CT molecular complexity index is 1030. The molecule has 0 bridgehead atoms. The normalized spacial score (nSPS) is 16.1. The predicted molar refractivity (Wildman–Crippen MR) is 120 cm³/mol. The van der Waals surface area contributed by atoms with Crippen molar-refractivity contribution in [1.82, 2.24) is 15.0 Å². The van der Waals surface area contributed by atoms with Crippen molar-refractivity contribution in [3.05, 3.63) is 52.8 Å². The quantitative estimate of drug-likeness (QED) is 0.549. The van der Waals surface area contributed by atoms with Crippen LogP contribution in [0, 0.1) is 0 Å². The number of piperidine rings is 1. The lowest BCUT2D eigenvalue weighted by atomic mass is 9.98. The van der Waals surface area contributed by atoms with E-state index in [1.807, 2.05) is 24.3 Å². The van der Waals surface area contributed by atoms with Crippen LogP contribution in [0.4, 0.5) is 10.5 Å². The second kappa shape index (κ2) is 9.38. The van der Waals surface area contributed by atoms with Crippen LogP contribution in [0.1, 0.15) is 24.7 Å². The van der Waals surface area contributed by atoms with Crippen molar-refractivity contribution in [3.63, 3.8) is 0 Å². The lowest BCUT2D eigenvalue weighted by molar-refractivity contribution is 0.184. The van der Waals surface area contributed by atoms with Gasteiger partial charge in [0.15, 0.2) is 0 Å². The topological polar surface area (TPSA) is 89.7 Å². The van der Waals surface area contributed by atoms with Crippen LogP contribution < -0.4 is 14.8 Å². The molecule has 1 aliphatic rings. The maximum absolute atomic E-state index is 12.9. The van der Waals surface area contributed by atoms with Gasteiger partial charge in [0.1, 0.15) is 11.5 Å². The molecule has 1 atom stereocenters. The van der Waals surface area contributed by atoms with E-state index in [4.69, 9.17) is 14.0 Å². The van der Waals surface area contributed by atoms with Gasteiger partial charge in [0.25, 0.3) is 0 Å². The van der Waals surface area contributed by atoms with E-state index in [-0.39, 0.29) is 11.9 Å². The number of nitrogens with zero attached hydrogens (tertiary/aromatic N) is 3. The molecule has 8 nitrogen and oxygen atoms in total. The van der Waals surface area contributed by atoms with Crippen LogP contribution in [0.25, 0.3) is 11.4 Å². The summed E-state index contributed by atoms with van der Waals surface area (Å²) in [5.74, 6) is 2.32. The molecular formula is C22H23BrN4O4. The van der Waals surface area contributed by atoms with Gasteiger partial charge >= 0.3 is 6.03 Å². The van der Waals surface area contributed by atoms with Gasteiger partial charge in [-0.15, -0.1) is 0 Å². The lowest BCUT2D eigenvalue weighted by Gasteiger charge is -2.31. The average molecular weight is 487 g/mol. The maximum Gasteiger partial charge on any atom is 0.321 e. The summed E-state index contributed by atoms with van der Waals surface area (Å²) in [6.45, 7) is 1.17. The summed E-state index contributed by atoms with van der Waals surface area (Å²) in [6.07, 6.45) is 1.74. The number of hydrogen-bond acceptors (Lipinski definition) is 6. The molecule has 162 valence electrons. The van der Waals surface area contributed by atoms with E-state index in [0.29, 0.717) is 42.0 Å². The summed E-state index contributed by atoms with van der Waals surface area (Å²) in [5.41, 5.74) is 1.49. The molecule has 4 rings (SSSR count). The molecule has 1 fully saturated rings. The van der Waals surface area contributed by atoms with Gasteiger partial charge in [-0.3, -0.25) is 0 Å². The average Bonchev–Trinajstić information content (AvgIpc) is 3.29. The Labute approximate surface area is 188 Å². The van der Waals surface area contributed by atoms with Crippen molar-refractivity contribution in [2.45, 2.75) is 18.8 Å². The highest BCUT2D eigenvalue weighted by Gasteiger charge is 2.29. The maximum atomic E-state index is 12.9. The van der Waals surface area contributed by atoms with Crippen LogP contribution in [0.5, 0.6) is 11.5 Å². The summed E-state index contributed by atoms with van der Waals surface area (Å²) < 4.78 is 17.1. The molecule has 9 heteroatoms. The first-order valence-corrected chi connectivity index (χ1v) is 10.7. The first kappa shape index (κ1) is 21.2. The van der Waals surface area contributed by atoms with E-state index in [0.717, 1.165) is 22.9 Å². The van der Waals surface area contributed by atoms with Crippen LogP contribution in [0.2, 0.25) is 0 Å². The van der Waals surface area contributed by atoms with E-state index in [1.165, 1.54) is 0 Å². The Hall–Kier alpha value is -3.07. The number of methoxy groups -OCH3 is 2. The fraction of sp³-hybridized carbons (Fsp3) is 0.318. The zero-order chi connectivity index (χ0) is 21.8. The molecule has 1 unspecified atom stereocenters. The van der Waals surface area contributed by atoms with Crippen LogP contribution in [-0.4, -0.2) is 48.4 Å². The Morgan fingerprint density at radius 3 is 2.55 bits per heavy atom. The summed E-state index contributed by atoms with van der Waals surface area (Å²) >= 11 is 3.42. The van der Waals surface area contributed by atoms with Crippen LogP contribution >= 0.6 is 15.9 Å². The monoisotopic (exact) mass is 486 g/mol. The lowest BCUT2D eigenvalue weighted by Crippen LogP contribution is -2.41. The van der Waals surface area contributed by atoms with Crippen LogP contribution in [0.3, 0.4) is 0 Å². The number of rotatable bonds is 5. The number of carbonyl (C=O) groups excluding carboxylic acids is 1. The Morgan fingerprint density at radius 2 is 1.87 bits per heavy atom. The highest BCUT2D eigenvalue weighted by molar-refractivity contribution is 9.10. The Morgan fingerprint density at radius 1 is 1.16 bits per heavy atom. The summed E-state index contributed by atoms with van der Waals surface area (Å²) in [5, 5.41) is 7.04. The van der Waals surface area contributed by atoms with Gasteiger partial charge < -0.3 is 24.2 Å². The predicted octanol–water partition coefficient (Wildman–Crippen LogP) is 4.93. The third-order valence-corrected chi connectivity index (χ3v) is 5.73. The number of halogens is 1. The molecule has 2 aromatic carbocycles. The van der Waals surface area contributed by atoms with E-state index < -0.39 is 0 Å². The molecule has 2 amide bonds. The summed E-state index contributed by atoms with van der Waals surface area (Å²) in [6, 6.07) is 12.8. The second-order valence-corrected chi connectivity index (χ2v) is 8.20. The van der Waals surface area contributed by atoms with Crippen molar-refractivity contribution in [1.29, 1.82) is 0 Å². The van der Waals surface area contributed by atoms with E-state index >= 15 is 0 Å². The number of nitrogens with one attached hydrogen (secondary N) is 1. The highest BCUT2D eigenvalue weighted by atomic mass is 79.9. The number of benzene rings is 2. The number of carbonyl (C=O) groups is 1. The number of likely N-dealkylation sites (tertiary alicyclic amines) is 1. The largest absolute Gasteiger partial charge is 0.497 e. The smallest absolute Gasteiger partial charge is 0.321 e. The first-order valence-electron chi connectivity index (χ1n) is 9.94. The molecule has 2 heterocycles. The highest BCUT2D eigenvalue weighted by Crippen LogP contribution is 2.29. The van der Waals surface area contributed by atoms with Gasteiger partial charge in [-0.2, -0.15) is 4.98 Å². The summed E-state index contributed by atoms with van der Waals surface area (Å²) in [4.78, 5) is 19.2. The minimum atomic E-state index is -0.187. The fourth-order valence-corrected chi connectivity index (χ4v) is 3.83. The molecule has 0 radical (unpaired) electrons. The van der Waals surface area contributed by atoms with Crippen LogP contribution in [0.15, 0.2) is 51.5 Å². The number of amides is 2. The van der Waals surface area contributed by atoms with E-state index in [1.54, 1.807) is 37.3 Å². The first-order chi connectivity index (χ1) is 15.1. The van der Waals surface area contributed by atoms with Gasteiger partial charge in [-0.1, -0.05) is 21.1 Å². The molecule has 1 aliphatic heterocycles. The number of urea groups is 1. The van der Waals surface area contributed by atoms with Gasteiger partial charge in [0, 0.05) is 47.0 Å². The van der Waals surface area contributed by atoms with Crippen molar-refractivity contribution in [3.8, 4) is 22.9 Å². The SMILES string of the molecule is COc1cc(NC(=O)N2CCCC(c3nc(-c4ccc(Br)cc4)no3)C2)cc(OC)c1. The molecule has 0 aliphatic carbocycles. The molecule has 0 saturated carbocycles. The molecule has 31 heavy (non-hydrogen) atoms. The Kier molecular flexibility index (Phi) is 6.41. The molecule has 1 aromatic heterocycles. The number of aromatic nitrogens is 2. The van der Waals surface area contributed by atoms with E-state index in [9.17, 15) is 4.79 Å². The molecule has 1 saturated heterocycles. The standard InChI is InChI=1S/C22H23BrN4O4/c1-29-18-10-17(11-19(12-18)30-2)24-22(28)27-9-3-4-15(13-27)21-25-20(26-31-21)14-5-7-16(23)8-6-14/h5-8,10-12,15H,3-4,9,13H2,1-2H3,(H,24,28). The molecule has 0 spiro atoms. The van der Waals surface area contributed by atoms with Crippen molar-refractivity contribution < 1.29 is 18.8 Å². The van der Waals surface area contributed by atoms with E-state index in [2.05, 4.69) is 31.4 Å². The molecular weight excluding hydrogens is 464 g/mol. The third kappa shape index (κ3) is 4.99. The van der Waals surface area contributed by atoms with Gasteiger partial charge in [-0.25, -0.2) is 4.79 Å². The summed E-state index contributed by atoms with van der Waals surface area (Å²) in [7, 11) is 3.14. The van der Waals surface area contributed by atoms with Crippen molar-refractivity contribution in [2.75, 3.05) is 32.6 Å². The third-order valence-electron chi connectivity index (χ3n) is 5.20. The van der Waals surface area contributed by atoms with Gasteiger partial charge in [-0.05, 0) is 37.1 Å². The fourth-order valence-electron chi connectivity index (χ4n) is 3.56. The Balaban J connectivity index is 1.44. The minimum Gasteiger partial charge on any atom is -0.497 e. The van der Waals surface area contributed by atoms with Crippen molar-refractivity contribution in [2.24, 2.45) is 0 Å². The number of anilines is 1. The van der Waals surface area contributed by atoms with Gasteiger partial charge in [0.2, 0.25) is 11.7 Å². The molecule has 3 aromatic rings. The number of hydrogen-bond donors (Lipinski definition) is 1. The zero-order valence-electron chi connectivity index (χ0n) is 17.3. The second-order valence-electron chi connectivity index (χ2n) is 7.28. The minimum absolute atomic E-state index is 0.00366. The number of ether oxygens (including phenoxy) is 2. The molecule has 1 N–H and O–H groups in total. The van der Waals surface area contributed by atoms with Crippen molar-refractivity contribution >= 4 is 27.6 Å². The zero-order valence-corrected chi connectivity index (χ0v) is 18.9. The van der Waals surface area contributed by atoms with Crippen LogP contribution in [-0.2, 0) is 0 Å². The van der Waals surface area contributed by atoms with Gasteiger partial charge in [0.05, 0.1) is 20.1 Å².